The SMILES string of the molecule is Cc1ccc(Cl)cc1NC(=O)C(C)(C)CN.Cl. The van der Waals surface area contributed by atoms with E-state index in [1.54, 1.807) is 12.1 Å². The Bertz CT molecular complexity index is 405. The van der Waals surface area contributed by atoms with Gasteiger partial charge in [-0.2, -0.15) is 0 Å². The zero-order valence-corrected chi connectivity index (χ0v) is 11.8. The summed E-state index contributed by atoms with van der Waals surface area (Å²) in [5, 5.41) is 3.44. The molecule has 0 aliphatic rings. The van der Waals surface area contributed by atoms with Crippen molar-refractivity contribution >= 4 is 35.6 Å². The molecule has 1 rings (SSSR count). The summed E-state index contributed by atoms with van der Waals surface area (Å²) in [5.74, 6) is -0.0969. The van der Waals surface area contributed by atoms with Crippen molar-refractivity contribution in [2.24, 2.45) is 11.1 Å². The maximum Gasteiger partial charge on any atom is 0.231 e. The molecule has 1 aromatic carbocycles. The minimum atomic E-state index is -0.575. The fraction of sp³-hybridized carbons (Fsp3) is 0.417. The molecule has 0 fully saturated rings. The van der Waals surface area contributed by atoms with Crippen molar-refractivity contribution < 1.29 is 4.79 Å². The number of carbonyl (C=O) groups excluding carboxylic acids is 1. The van der Waals surface area contributed by atoms with Crippen LogP contribution in [-0.4, -0.2) is 12.5 Å². The van der Waals surface area contributed by atoms with Gasteiger partial charge in [0.2, 0.25) is 5.91 Å². The van der Waals surface area contributed by atoms with Crippen LogP contribution in [-0.2, 0) is 4.79 Å². The number of nitrogens with two attached hydrogens (primary N) is 1. The molecule has 0 aliphatic carbocycles. The zero-order valence-electron chi connectivity index (χ0n) is 10.2. The highest BCUT2D eigenvalue weighted by molar-refractivity contribution is 6.31. The molecule has 0 aliphatic heterocycles. The van der Waals surface area contributed by atoms with Gasteiger partial charge in [-0.3, -0.25) is 4.79 Å². The van der Waals surface area contributed by atoms with E-state index in [9.17, 15) is 4.79 Å². The molecule has 5 heteroatoms. The number of rotatable bonds is 3. The van der Waals surface area contributed by atoms with E-state index in [1.807, 2.05) is 26.8 Å². The van der Waals surface area contributed by atoms with Crippen LogP contribution >= 0.6 is 24.0 Å². The van der Waals surface area contributed by atoms with Crippen molar-refractivity contribution in [2.45, 2.75) is 20.8 Å². The van der Waals surface area contributed by atoms with Crippen LogP contribution in [0.25, 0.3) is 0 Å². The Morgan fingerprint density at radius 3 is 2.59 bits per heavy atom. The number of hydrogen-bond acceptors (Lipinski definition) is 2. The number of nitrogens with one attached hydrogen (secondary N) is 1. The summed E-state index contributed by atoms with van der Waals surface area (Å²) in [6, 6.07) is 5.40. The standard InChI is InChI=1S/C12H17ClN2O.ClH/c1-8-4-5-9(13)6-10(8)15-11(16)12(2,3)7-14;/h4-6H,7,14H2,1-3H3,(H,15,16);1H. The third kappa shape index (κ3) is 4.19. The summed E-state index contributed by atoms with van der Waals surface area (Å²) in [6.45, 7) is 5.84. The molecule has 3 nitrogen and oxygen atoms in total. The van der Waals surface area contributed by atoms with Crippen molar-refractivity contribution in [1.29, 1.82) is 0 Å². The van der Waals surface area contributed by atoms with Gasteiger partial charge in [0.15, 0.2) is 0 Å². The van der Waals surface area contributed by atoms with Crippen LogP contribution in [0.5, 0.6) is 0 Å². The van der Waals surface area contributed by atoms with Crippen LogP contribution in [0.15, 0.2) is 18.2 Å². The molecule has 0 saturated carbocycles. The first-order valence-electron chi connectivity index (χ1n) is 5.14. The Hall–Kier alpha value is -0.770. The van der Waals surface area contributed by atoms with E-state index in [0.717, 1.165) is 11.3 Å². The maximum atomic E-state index is 11.9. The molecule has 0 heterocycles. The van der Waals surface area contributed by atoms with Gasteiger partial charge in [-0.1, -0.05) is 17.7 Å². The van der Waals surface area contributed by atoms with Crippen LogP contribution in [0.2, 0.25) is 5.02 Å². The molecule has 1 amide bonds. The van der Waals surface area contributed by atoms with Gasteiger partial charge in [0.05, 0.1) is 5.41 Å². The number of halogens is 2. The van der Waals surface area contributed by atoms with Gasteiger partial charge in [0.25, 0.3) is 0 Å². The van der Waals surface area contributed by atoms with Crippen molar-refractivity contribution in [1.82, 2.24) is 0 Å². The molecule has 0 unspecified atom stereocenters. The summed E-state index contributed by atoms with van der Waals surface area (Å²) in [4.78, 5) is 11.9. The molecular weight excluding hydrogens is 259 g/mol. The summed E-state index contributed by atoms with van der Waals surface area (Å²) in [7, 11) is 0. The predicted octanol–water partition coefficient (Wildman–Crippen LogP) is 2.99. The van der Waals surface area contributed by atoms with Crippen molar-refractivity contribution in [2.75, 3.05) is 11.9 Å². The third-order valence-corrected chi connectivity index (χ3v) is 2.81. The number of benzene rings is 1. The van der Waals surface area contributed by atoms with E-state index in [0.29, 0.717) is 11.6 Å². The van der Waals surface area contributed by atoms with E-state index >= 15 is 0 Å². The first-order valence-corrected chi connectivity index (χ1v) is 5.52. The molecule has 0 radical (unpaired) electrons. The number of carbonyl (C=O) groups is 1. The molecule has 0 bridgehead atoms. The molecule has 3 N–H and O–H groups in total. The number of aryl methyl sites for hydroxylation is 1. The topological polar surface area (TPSA) is 55.1 Å². The molecular formula is C12H18Cl2N2O. The lowest BCUT2D eigenvalue weighted by molar-refractivity contribution is -0.123. The van der Waals surface area contributed by atoms with Gasteiger partial charge in [-0.05, 0) is 38.5 Å². The lowest BCUT2D eigenvalue weighted by Gasteiger charge is -2.22. The highest BCUT2D eigenvalue weighted by atomic mass is 35.5. The average Bonchev–Trinajstić information content (AvgIpc) is 2.23. The second-order valence-corrected chi connectivity index (χ2v) is 4.94. The molecule has 0 spiro atoms. The van der Waals surface area contributed by atoms with Gasteiger partial charge in [-0.25, -0.2) is 0 Å². The van der Waals surface area contributed by atoms with Gasteiger partial charge in [-0.15, -0.1) is 12.4 Å². The lowest BCUT2D eigenvalue weighted by Crippen LogP contribution is -2.37. The summed E-state index contributed by atoms with van der Waals surface area (Å²) in [5.41, 5.74) is 6.68. The Kier molecular flexibility index (Phi) is 5.96. The first-order chi connectivity index (χ1) is 7.36. The smallest absolute Gasteiger partial charge is 0.231 e. The number of anilines is 1. The monoisotopic (exact) mass is 276 g/mol. The predicted molar refractivity (Wildman–Crippen MR) is 74.9 cm³/mol. The van der Waals surface area contributed by atoms with E-state index < -0.39 is 5.41 Å². The molecule has 0 atom stereocenters. The Balaban J connectivity index is 0.00000256. The number of hydrogen-bond donors (Lipinski definition) is 2. The van der Waals surface area contributed by atoms with E-state index in [1.165, 1.54) is 0 Å². The highest BCUT2D eigenvalue weighted by Gasteiger charge is 2.26. The van der Waals surface area contributed by atoms with E-state index in [-0.39, 0.29) is 18.3 Å². The molecule has 0 saturated heterocycles. The van der Waals surface area contributed by atoms with E-state index in [4.69, 9.17) is 17.3 Å². The van der Waals surface area contributed by atoms with Gasteiger partial charge >= 0.3 is 0 Å². The van der Waals surface area contributed by atoms with Crippen LogP contribution in [0.3, 0.4) is 0 Å². The summed E-state index contributed by atoms with van der Waals surface area (Å²) < 4.78 is 0. The first kappa shape index (κ1) is 16.2. The zero-order chi connectivity index (χ0) is 12.3. The molecule has 96 valence electrons. The van der Waals surface area contributed by atoms with Crippen LogP contribution in [0, 0.1) is 12.3 Å². The van der Waals surface area contributed by atoms with Crippen LogP contribution in [0.4, 0.5) is 5.69 Å². The minimum absolute atomic E-state index is 0. The summed E-state index contributed by atoms with van der Waals surface area (Å²) in [6.07, 6.45) is 0. The fourth-order valence-electron chi connectivity index (χ4n) is 1.11. The third-order valence-electron chi connectivity index (χ3n) is 2.57. The van der Waals surface area contributed by atoms with Crippen LogP contribution < -0.4 is 11.1 Å². The van der Waals surface area contributed by atoms with Crippen molar-refractivity contribution in [3.8, 4) is 0 Å². The second-order valence-electron chi connectivity index (χ2n) is 4.50. The Morgan fingerprint density at radius 1 is 1.47 bits per heavy atom. The Labute approximate surface area is 113 Å². The van der Waals surface area contributed by atoms with Gasteiger partial charge < -0.3 is 11.1 Å². The Morgan fingerprint density at radius 2 is 2.06 bits per heavy atom. The highest BCUT2D eigenvalue weighted by Crippen LogP contribution is 2.23. The van der Waals surface area contributed by atoms with Crippen molar-refractivity contribution in [3.63, 3.8) is 0 Å². The molecule has 1 aromatic rings. The number of amides is 1. The minimum Gasteiger partial charge on any atom is -0.329 e. The molecule has 0 aromatic heterocycles. The fourth-order valence-corrected chi connectivity index (χ4v) is 1.29. The van der Waals surface area contributed by atoms with E-state index in [2.05, 4.69) is 5.32 Å². The second kappa shape index (κ2) is 6.24. The lowest BCUT2D eigenvalue weighted by atomic mass is 9.92. The normalized spacial score (nSPS) is 10.6. The summed E-state index contributed by atoms with van der Waals surface area (Å²) >= 11 is 5.87. The van der Waals surface area contributed by atoms with Crippen LogP contribution in [0.1, 0.15) is 19.4 Å². The van der Waals surface area contributed by atoms with Gasteiger partial charge in [0.1, 0.15) is 0 Å². The van der Waals surface area contributed by atoms with Crippen molar-refractivity contribution in [3.05, 3.63) is 28.8 Å². The quantitative estimate of drug-likeness (QED) is 0.892. The largest absolute Gasteiger partial charge is 0.329 e. The average molecular weight is 277 g/mol. The maximum absolute atomic E-state index is 11.9. The molecule has 17 heavy (non-hydrogen) atoms. The van der Waals surface area contributed by atoms with Gasteiger partial charge in [0, 0.05) is 17.3 Å².